The van der Waals surface area contributed by atoms with E-state index in [0.717, 1.165) is 18.9 Å². The van der Waals surface area contributed by atoms with Gasteiger partial charge in [0, 0.05) is 30.8 Å². The highest BCUT2D eigenvalue weighted by atomic mass is 32.2. The number of carbonyl (C=O) groups is 1. The molecule has 0 saturated heterocycles. The zero-order chi connectivity index (χ0) is 24.6. The molecule has 2 aromatic rings. The van der Waals surface area contributed by atoms with Gasteiger partial charge in [0.2, 0.25) is 0 Å². The number of anilines is 1. The second kappa shape index (κ2) is 11.8. The Balaban J connectivity index is 1.55. The fourth-order valence-electron chi connectivity index (χ4n) is 3.74. The standard InChI is InChI=1S/C23H29N3O7S/c1-32-22-13-10-18(26(28)29)16-21(22)25-34(30,31)20-11-8-17(9-12-20)23(27)24-14-5-15-33-19-6-3-2-4-7-19/h8-13,16,19,25H,2-7,14-15H2,1H3,(H,24,27). The summed E-state index contributed by atoms with van der Waals surface area (Å²) < 4.78 is 38.7. The number of nitrogens with one attached hydrogen (secondary N) is 2. The molecule has 2 N–H and O–H groups in total. The largest absolute Gasteiger partial charge is 0.495 e. The van der Waals surface area contributed by atoms with Gasteiger partial charge in [-0.1, -0.05) is 19.3 Å². The first-order valence-electron chi connectivity index (χ1n) is 11.2. The molecule has 1 aliphatic rings. The van der Waals surface area contributed by atoms with E-state index in [2.05, 4.69) is 10.0 Å². The molecular formula is C23H29N3O7S. The Kier molecular flexibility index (Phi) is 8.83. The van der Waals surface area contributed by atoms with E-state index in [1.54, 1.807) is 0 Å². The van der Waals surface area contributed by atoms with Crippen molar-refractivity contribution in [1.82, 2.24) is 5.32 Å². The highest BCUT2D eigenvalue weighted by molar-refractivity contribution is 7.92. The molecule has 1 saturated carbocycles. The van der Waals surface area contributed by atoms with Gasteiger partial charge in [0.25, 0.3) is 21.6 Å². The van der Waals surface area contributed by atoms with Gasteiger partial charge in [-0.05, 0) is 49.6 Å². The van der Waals surface area contributed by atoms with Crippen LogP contribution in [0.15, 0.2) is 47.4 Å². The summed E-state index contributed by atoms with van der Waals surface area (Å²) in [6.45, 7) is 1.05. The minimum absolute atomic E-state index is 0.0611. The van der Waals surface area contributed by atoms with Crippen LogP contribution >= 0.6 is 0 Å². The molecule has 1 amide bonds. The summed E-state index contributed by atoms with van der Waals surface area (Å²) in [5, 5.41) is 13.8. The van der Waals surface area contributed by atoms with Gasteiger partial charge in [0.1, 0.15) is 5.75 Å². The lowest BCUT2D eigenvalue weighted by molar-refractivity contribution is -0.384. The Hall–Kier alpha value is -3.18. The second-order valence-electron chi connectivity index (χ2n) is 8.01. The summed E-state index contributed by atoms with van der Waals surface area (Å²) in [6.07, 6.45) is 6.92. The van der Waals surface area contributed by atoms with Crippen molar-refractivity contribution in [1.29, 1.82) is 0 Å². The van der Waals surface area contributed by atoms with Gasteiger partial charge in [-0.15, -0.1) is 0 Å². The maximum Gasteiger partial charge on any atom is 0.271 e. The molecule has 184 valence electrons. The van der Waals surface area contributed by atoms with Crippen molar-refractivity contribution >= 4 is 27.3 Å². The average molecular weight is 492 g/mol. The molecule has 1 fully saturated rings. The van der Waals surface area contributed by atoms with Crippen molar-refractivity contribution < 1.29 is 27.6 Å². The maximum atomic E-state index is 12.8. The van der Waals surface area contributed by atoms with Crippen LogP contribution in [0, 0.1) is 10.1 Å². The van der Waals surface area contributed by atoms with E-state index in [9.17, 15) is 23.3 Å². The first kappa shape index (κ1) is 25.4. The van der Waals surface area contributed by atoms with Crippen LogP contribution in [-0.2, 0) is 14.8 Å². The van der Waals surface area contributed by atoms with Crippen LogP contribution in [-0.4, -0.2) is 45.6 Å². The number of sulfonamides is 1. The first-order valence-corrected chi connectivity index (χ1v) is 12.6. The van der Waals surface area contributed by atoms with Gasteiger partial charge >= 0.3 is 0 Å². The van der Waals surface area contributed by atoms with Crippen molar-refractivity contribution in [2.75, 3.05) is 25.0 Å². The van der Waals surface area contributed by atoms with E-state index in [1.165, 1.54) is 62.8 Å². The van der Waals surface area contributed by atoms with E-state index in [-0.39, 0.29) is 27.9 Å². The number of nitro benzene ring substituents is 1. The maximum absolute atomic E-state index is 12.8. The van der Waals surface area contributed by atoms with E-state index in [4.69, 9.17) is 9.47 Å². The Morgan fingerprint density at radius 1 is 1.12 bits per heavy atom. The predicted molar refractivity (Wildman–Crippen MR) is 127 cm³/mol. The van der Waals surface area contributed by atoms with Crippen molar-refractivity contribution in [2.45, 2.75) is 49.5 Å². The normalized spacial score (nSPS) is 14.4. The molecule has 0 heterocycles. The van der Waals surface area contributed by atoms with Crippen LogP contribution in [0.5, 0.6) is 5.75 Å². The third-order valence-corrected chi connectivity index (χ3v) is 6.96. The lowest BCUT2D eigenvalue weighted by Crippen LogP contribution is -2.26. The second-order valence-corrected chi connectivity index (χ2v) is 9.69. The fraction of sp³-hybridized carbons (Fsp3) is 0.435. The number of ether oxygens (including phenoxy) is 2. The number of rotatable bonds is 11. The molecule has 0 atom stereocenters. The van der Waals surface area contributed by atoms with Gasteiger partial charge in [-0.25, -0.2) is 8.42 Å². The number of hydrogen-bond acceptors (Lipinski definition) is 7. The number of non-ortho nitro benzene ring substituents is 1. The first-order chi connectivity index (χ1) is 16.3. The molecule has 10 nitrogen and oxygen atoms in total. The van der Waals surface area contributed by atoms with Crippen LogP contribution in [0.2, 0.25) is 0 Å². The molecule has 2 aromatic carbocycles. The van der Waals surface area contributed by atoms with Gasteiger partial charge in [0.15, 0.2) is 0 Å². The van der Waals surface area contributed by atoms with Crippen LogP contribution < -0.4 is 14.8 Å². The van der Waals surface area contributed by atoms with Gasteiger partial charge in [-0.2, -0.15) is 0 Å². The molecule has 0 spiro atoms. The number of benzene rings is 2. The van der Waals surface area contributed by atoms with Crippen molar-refractivity contribution in [3.05, 3.63) is 58.1 Å². The lowest BCUT2D eigenvalue weighted by Gasteiger charge is -2.21. The van der Waals surface area contributed by atoms with E-state index in [0.29, 0.717) is 31.2 Å². The fourth-order valence-corrected chi connectivity index (χ4v) is 4.80. The molecule has 0 bridgehead atoms. The SMILES string of the molecule is COc1ccc([N+](=O)[O-])cc1NS(=O)(=O)c1ccc(C(=O)NCCCOC2CCCCC2)cc1. The van der Waals surface area contributed by atoms with Crippen LogP contribution in [0.1, 0.15) is 48.9 Å². The minimum atomic E-state index is -4.07. The van der Waals surface area contributed by atoms with Crippen LogP contribution in [0.25, 0.3) is 0 Å². The number of carbonyl (C=O) groups excluding carboxylic acids is 1. The van der Waals surface area contributed by atoms with Gasteiger partial charge < -0.3 is 14.8 Å². The predicted octanol–water partition coefficient (Wildman–Crippen LogP) is 3.87. The minimum Gasteiger partial charge on any atom is -0.495 e. The summed E-state index contributed by atoms with van der Waals surface area (Å²) in [4.78, 5) is 22.6. The van der Waals surface area contributed by atoms with E-state index < -0.39 is 14.9 Å². The average Bonchev–Trinajstić information content (AvgIpc) is 2.84. The molecule has 11 heteroatoms. The van der Waals surface area contributed by atoms with E-state index >= 15 is 0 Å². The quantitative estimate of drug-likeness (QED) is 0.276. The smallest absolute Gasteiger partial charge is 0.271 e. The Morgan fingerprint density at radius 3 is 2.47 bits per heavy atom. The monoisotopic (exact) mass is 491 g/mol. The van der Waals surface area contributed by atoms with Crippen molar-refractivity contribution in [2.24, 2.45) is 0 Å². The Morgan fingerprint density at radius 2 is 1.82 bits per heavy atom. The summed E-state index contributed by atoms with van der Waals surface area (Å²) >= 11 is 0. The lowest BCUT2D eigenvalue weighted by atomic mass is 9.98. The van der Waals surface area contributed by atoms with Crippen molar-refractivity contribution in [3.63, 3.8) is 0 Å². The van der Waals surface area contributed by atoms with Crippen molar-refractivity contribution in [3.8, 4) is 5.75 Å². The number of nitro groups is 1. The third kappa shape index (κ3) is 6.91. The summed E-state index contributed by atoms with van der Waals surface area (Å²) in [5.74, 6) is -0.174. The van der Waals surface area contributed by atoms with Crippen LogP contribution in [0.4, 0.5) is 11.4 Å². The summed E-state index contributed by atoms with van der Waals surface area (Å²) in [7, 11) is -2.74. The van der Waals surface area contributed by atoms with Gasteiger partial charge in [0.05, 0.1) is 28.7 Å². The molecular weight excluding hydrogens is 462 g/mol. The number of nitrogens with zero attached hydrogens (tertiary/aromatic N) is 1. The molecule has 1 aliphatic carbocycles. The van der Waals surface area contributed by atoms with Gasteiger partial charge in [-0.3, -0.25) is 19.6 Å². The third-order valence-electron chi connectivity index (χ3n) is 5.58. The molecule has 0 radical (unpaired) electrons. The zero-order valence-corrected chi connectivity index (χ0v) is 19.8. The molecule has 0 aliphatic heterocycles. The number of hydrogen-bond donors (Lipinski definition) is 2. The Labute approximate surface area is 198 Å². The highest BCUT2D eigenvalue weighted by Crippen LogP contribution is 2.31. The van der Waals surface area contributed by atoms with E-state index in [1.807, 2.05) is 0 Å². The zero-order valence-electron chi connectivity index (χ0n) is 19.0. The number of methoxy groups -OCH3 is 1. The van der Waals surface area contributed by atoms with Crippen LogP contribution in [0.3, 0.4) is 0 Å². The molecule has 34 heavy (non-hydrogen) atoms. The summed E-state index contributed by atoms with van der Waals surface area (Å²) in [5.41, 5.74) is -0.0243. The molecule has 3 rings (SSSR count). The number of amides is 1. The topological polar surface area (TPSA) is 137 Å². The molecule has 0 aromatic heterocycles. The molecule has 0 unspecified atom stereocenters. The highest BCUT2D eigenvalue weighted by Gasteiger charge is 2.20. The summed E-state index contributed by atoms with van der Waals surface area (Å²) in [6, 6.07) is 9.02. The Bertz CT molecular complexity index is 1100.